The Bertz CT molecular complexity index is 657. The van der Waals surface area contributed by atoms with Crippen molar-refractivity contribution in [3.05, 3.63) is 41.7 Å². The average molecular weight is 245 g/mol. The summed E-state index contributed by atoms with van der Waals surface area (Å²) >= 11 is 5.96. The lowest BCUT2D eigenvalue weighted by Crippen LogP contribution is -1.90. The van der Waals surface area contributed by atoms with Gasteiger partial charge in [0, 0.05) is 22.5 Å². The van der Waals surface area contributed by atoms with Crippen molar-refractivity contribution in [1.29, 1.82) is 0 Å². The van der Waals surface area contributed by atoms with Crippen LogP contribution in [0.25, 0.3) is 22.4 Å². The summed E-state index contributed by atoms with van der Waals surface area (Å²) in [5.74, 6) is 0.702. The molecule has 84 valence electrons. The van der Waals surface area contributed by atoms with Crippen LogP contribution in [0.5, 0.6) is 0 Å². The molecule has 2 aromatic heterocycles. The van der Waals surface area contributed by atoms with Crippen LogP contribution >= 0.6 is 11.6 Å². The molecule has 0 saturated carbocycles. The number of rotatable bonds is 1. The molecular formula is C12H9ClN4. The Balaban J connectivity index is 2.23. The normalized spacial score (nSPS) is 10.9. The van der Waals surface area contributed by atoms with Crippen molar-refractivity contribution in [3.63, 3.8) is 0 Å². The van der Waals surface area contributed by atoms with Gasteiger partial charge in [-0.1, -0.05) is 11.6 Å². The summed E-state index contributed by atoms with van der Waals surface area (Å²) in [6.07, 6.45) is 3.43. The number of aromatic nitrogens is 3. The number of nitrogens with two attached hydrogens (primary N) is 1. The van der Waals surface area contributed by atoms with Crippen LogP contribution in [0.3, 0.4) is 0 Å². The zero-order chi connectivity index (χ0) is 11.8. The molecule has 0 spiro atoms. The van der Waals surface area contributed by atoms with Crippen LogP contribution in [0.2, 0.25) is 5.02 Å². The second-order valence-electron chi connectivity index (χ2n) is 3.71. The Kier molecular flexibility index (Phi) is 2.23. The highest BCUT2D eigenvalue weighted by Crippen LogP contribution is 2.28. The van der Waals surface area contributed by atoms with E-state index in [-0.39, 0.29) is 0 Å². The van der Waals surface area contributed by atoms with Gasteiger partial charge in [-0.2, -0.15) is 0 Å². The highest BCUT2D eigenvalue weighted by molar-refractivity contribution is 6.31. The van der Waals surface area contributed by atoms with Gasteiger partial charge in [0.15, 0.2) is 0 Å². The molecule has 4 nitrogen and oxygen atoms in total. The molecule has 0 aliphatic rings. The van der Waals surface area contributed by atoms with Crippen molar-refractivity contribution in [1.82, 2.24) is 15.0 Å². The zero-order valence-electron chi connectivity index (χ0n) is 8.81. The zero-order valence-corrected chi connectivity index (χ0v) is 9.57. The third-order valence-corrected chi connectivity index (χ3v) is 2.79. The third kappa shape index (κ3) is 1.72. The van der Waals surface area contributed by atoms with Crippen LogP contribution in [-0.2, 0) is 0 Å². The molecule has 0 atom stereocenters. The first-order valence-electron chi connectivity index (χ1n) is 5.09. The summed E-state index contributed by atoms with van der Waals surface area (Å²) in [6.45, 7) is 0. The highest BCUT2D eigenvalue weighted by Gasteiger charge is 2.08. The van der Waals surface area contributed by atoms with Gasteiger partial charge in [-0.3, -0.25) is 4.98 Å². The van der Waals surface area contributed by atoms with Crippen molar-refractivity contribution < 1.29 is 0 Å². The second-order valence-corrected chi connectivity index (χ2v) is 4.15. The number of aromatic amines is 1. The van der Waals surface area contributed by atoms with E-state index in [9.17, 15) is 0 Å². The summed E-state index contributed by atoms with van der Waals surface area (Å²) in [5, 5.41) is 0.632. The minimum absolute atomic E-state index is 0.632. The van der Waals surface area contributed by atoms with E-state index in [1.54, 1.807) is 30.6 Å². The third-order valence-electron chi connectivity index (χ3n) is 2.55. The molecule has 0 aliphatic heterocycles. The quantitative estimate of drug-likeness (QED) is 0.647. The number of pyridine rings is 1. The van der Waals surface area contributed by atoms with Crippen LogP contribution < -0.4 is 5.73 Å². The molecule has 3 aromatic rings. The number of benzene rings is 1. The van der Waals surface area contributed by atoms with Crippen LogP contribution in [0.4, 0.5) is 5.69 Å². The van der Waals surface area contributed by atoms with Gasteiger partial charge < -0.3 is 10.7 Å². The minimum atomic E-state index is 0.632. The molecule has 1 aromatic carbocycles. The smallest absolute Gasteiger partial charge is 0.140 e. The maximum Gasteiger partial charge on any atom is 0.140 e. The lowest BCUT2D eigenvalue weighted by Gasteiger charge is -2.02. The van der Waals surface area contributed by atoms with Crippen LogP contribution in [0, 0.1) is 0 Å². The monoisotopic (exact) mass is 244 g/mol. The Labute approximate surface area is 102 Å². The van der Waals surface area contributed by atoms with Gasteiger partial charge in [0.25, 0.3) is 0 Å². The SMILES string of the molecule is Nc1ccc(Cl)cc1-c1nc2ccncc2[nH]1. The number of fused-ring (bicyclic) bond motifs is 1. The predicted octanol–water partition coefficient (Wildman–Crippen LogP) is 2.86. The van der Waals surface area contributed by atoms with Gasteiger partial charge in [-0.25, -0.2) is 4.98 Å². The van der Waals surface area contributed by atoms with Crippen molar-refractivity contribution in [2.75, 3.05) is 5.73 Å². The largest absolute Gasteiger partial charge is 0.398 e. The molecule has 0 fully saturated rings. The lowest BCUT2D eigenvalue weighted by molar-refractivity contribution is 1.33. The molecule has 0 amide bonds. The summed E-state index contributed by atoms with van der Waals surface area (Å²) in [6, 6.07) is 7.16. The molecule has 3 N–H and O–H groups in total. The number of anilines is 1. The van der Waals surface area contributed by atoms with Gasteiger partial charge in [-0.15, -0.1) is 0 Å². The highest BCUT2D eigenvalue weighted by atomic mass is 35.5. The molecule has 2 heterocycles. The van der Waals surface area contributed by atoms with Crippen LogP contribution in [-0.4, -0.2) is 15.0 Å². The first-order chi connectivity index (χ1) is 8.24. The topological polar surface area (TPSA) is 67.6 Å². The number of nitrogen functional groups attached to an aromatic ring is 1. The maximum atomic E-state index is 5.96. The molecule has 0 aliphatic carbocycles. The standard InChI is InChI=1S/C12H9ClN4/c13-7-1-2-9(14)8(5-7)12-16-10-3-4-15-6-11(10)17-12/h1-6H,14H2,(H,16,17). The van der Waals surface area contributed by atoms with Crippen LogP contribution in [0.1, 0.15) is 0 Å². The van der Waals surface area contributed by atoms with E-state index in [0.717, 1.165) is 16.6 Å². The fourth-order valence-corrected chi connectivity index (χ4v) is 1.89. The Morgan fingerprint density at radius 2 is 2.12 bits per heavy atom. The van der Waals surface area contributed by atoms with E-state index in [1.807, 2.05) is 6.07 Å². The summed E-state index contributed by atoms with van der Waals surface area (Å²) in [5.41, 5.74) is 9.08. The number of nitrogens with zero attached hydrogens (tertiary/aromatic N) is 2. The molecule has 3 rings (SSSR count). The maximum absolute atomic E-state index is 5.96. The summed E-state index contributed by atoms with van der Waals surface area (Å²) < 4.78 is 0. The average Bonchev–Trinajstić information content (AvgIpc) is 2.75. The number of hydrogen-bond donors (Lipinski definition) is 2. The van der Waals surface area contributed by atoms with Gasteiger partial charge in [0.2, 0.25) is 0 Å². The summed E-state index contributed by atoms with van der Waals surface area (Å²) in [4.78, 5) is 11.6. The van der Waals surface area contributed by atoms with E-state index < -0.39 is 0 Å². The van der Waals surface area contributed by atoms with E-state index in [2.05, 4.69) is 15.0 Å². The number of halogens is 1. The number of nitrogens with one attached hydrogen (secondary N) is 1. The van der Waals surface area contributed by atoms with E-state index >= 15 is 0 Å². The van der Waals surface area contributed by atoms with Gasteiger partial charge in [-0.05, 0) is 24.3 Å². The van der Waals surface area contributed by atoms with Crippen molar-refractivity contribution >= 4 is 28.3 Å². The molecule has 0 bridgehead atoms. The minimum Gasteiger partial charge on any atom is -0.398 e. The van der Waals surface area contributed by atoms with Gasteiger partial charge in [0.1, 0.15) is 5.82 Å². The van der Waals surface area contributed by atoms with E-state index in [0.29, 0.717) is 16.5 Å². The molecule has 0 unspecified atom stereocenters. The van der Waals surface area contributed by atoms with E-state index in [4.69, 9.17) is 17.3 Å². The Morgan fingerprint density at radius 3 is 2.94 bits per heavy atom. The number of imidazole rings is 1. The molecule has 5 heteroatoms. The first-order valence-corrected chi connectivity index (χ1v) is 5.47. The Morgan fingerprint density at radius 1 is 1.24 bits per heavy atom. The molecular weight excluding hydrogens is 236 g/mol. The predicted molar refractivity (Wildman–Crippen MR) is 68.7 cm³/mol. The van der Waals surface area contributed by atoms with Gasteiger partial charge >= 0.3 is 0 Å². The molecule has 0 saturated heterocycles. The second kappa shape index (κ2) is 3.75. The molecule has 17 heavy (non-hydrogen) atoms. The first kappa shape index (κ1) is 10.1. The number of hydrogen-bond acceptors (Lipinski definition) is 3. The Hall–Kier alpha value is -2.07. The van der Waals surface area contributed by atoms with Crippen molar-refractivity contribution in [3.8, 4) is 11.4 Å². The fourth-order valence-electron chi connectivity index (χ4n) is 1.72. The summed E-state index contributed by atoms with van der Waals surface area (Å²) in [7, 11) is 0. The lowest BCUT2D eigenvalue weighted by atomic mass is 10.2. The van der Waals surface area contributed by atoms with Crippen LogP contribution in [0.15, 0.2) is 36.7 Å². The van der Waals surface area contributed by atoms with Gasteiger partial charge in [0.05, 0.1) is 17.2 Å². The fraction of sp³-hybridized carbons (Fsp3) is 0. The number of H-pyrrole nitrogens is 1. The van der Waals surface area contributed by atoms with Crippen molar-refractivity contribution in [2.45, 2.75) is 0 Å². The van der Waals surface area contributed by atoms with E-state index in [1.165, 1.54) is 0 Å². The van der Waals surface area contributed by atoms with Crippen molar-refractivity contribution in [2.24, 2.45) is 0 Å². The molecule has 0 radical (unpaired) electrons.